The highest BCUT2D eigenvalue weighted by Gasteiger charge is 2.30. The molecule has 0 bridgehead atoms. The molecule has 1 aromatic rings. The summed E-state index contributed by atoms with van der Waals surface area (Å²) in [6.07, 6.45) is 3.53. The number of fused-ring (bicyclic) bond motifs is 1. The van der Waals surface area contributed by atoms with Crippen molar-refractivity contribution in [2.45, 2.75) is 52.1 Å². The fraction of sp³-hybridized carbons (Fsp3) is 0.632. The van der Waals surface area contributed by atoms with Crippen LogP contribution in [0.15, 0.2) is 0 Å². The molecular formula is C19H25NO6S. The van der Waals surface area contributed by atoms with Gasteiger partial charge in [-0.25, -0.2) is 9.59 Å². The molecule has 1 aliphatic heterocycles. The van der Waals surface area contributed by atoms with E-state index in [2.05, 4.69) is 12.2 Å². The number of anilines is 1. The van der Waals surface area contributed by atoms with Crippen molar-refractivity contribution in [2.24, 2.45) is 5.92 Å². The number of esters is 2. The third-order valence-corrected chi connectivity index (χ3v) is 5.95. The maximum atomic E-state index is 12.4. The molecule has 3 rings (SSSR count). The van der Waals surface area contributed by atoms with Gasteiger partial charge in [0.15, 0.2) is 12.7 Å². The molecule has 1 saturated heterocycles. The summed E-state index contributed by atoms with van der Waals surface area (Å²) in [5.41, 5.74) is 1.42. The Labute approximate surface area is 162 Å². The van der Waals surface area contributed by atoms with Crippen molar-refractivity contribution in [1.82, 2.24) is 0 Å². The summed E-state index contributed by atoms with van der Waals surface area (Å²) in [4.78, 5) is 37.7. The number of ether oxygens (including phenoxy) is 3. The number of carbonyl (C=O) groups is 3. The van der Waals surface area contributed by atoms with Gasteiger partial charge >= 0.3 is 11.9 Å². The molecule has 2 aliphatic rings. The summed E-state index contributed by atoms with van der Waals surface area (Å²) in [5.74, 6) is -0.871. The van der Waals surface area contributed by atoms with Crippen LogP contribution in [0.1, 0.15) is 53.9 Å². The summed E-state index contributed by atoms with van der Waals surface area (Å²) in [5, 5.41) is 3.21. The van der Waals surface area contributed by atoms with Crippen LogP contribution in [0.2, 0.25) is 0 Å². The zero-order chi connectivity index (χ0) is 19.4. The monoisotopic (exact) mass is 395 g/mol. The molecule has 1 aliphatic carbocycles. The van der Waals surface area contributed by atoms with Crippen molar-refractivity contribution < 1.29 is 28.6 Å². The lowest BCUT2D eigenvalue weighted by atomic mass is 9.88. The molecule has 27 heavy (non-hydrogen) atoms. The van der Waals surface area contributed by atoms with Crippen molar-refractivity contribution in [3.63, 3.8) is 0 Å². The van der Waals surface area contributed by atoms with Crippen molar-refractivity contribution in [1.29, 1.82) is 0 Å². The molecule has 0 radical (unpaired) electrons. The van der Waals surface area contributed by atoms with E-state index in [1.54, 1.807) is 6.92 Å². The van der Waals surface area contributed by atoms with E-state index < -0.39 is 30.6 Å². The Bertz CT molecular complexity index is 722. The van der Waals surface area contributed by atoms with Gasteiger partial charge in [0.1, 0.15) is 5.00 Å². The Morgan fingerprint density at radius 3 is 2.78 bits per heavy atom. The van der Waals surface area contributed by atoms with E-state index in [0.29, 0.717) is 29.5 Å². The molecule has 1 N–H and O–H groups in total. The van der Waals surface area contributed by atoms with Gasteiger partial charge in [-0.1, -0.05) is 6.92 Å². The molecular weight excluding hydrogens is 370 g/mol. The highest BCUT2D eigenvalue weighted by atomic mass is 32.1. The third-order valence-electron chi connectivity index (χ3n) is 4.78. The highest BCUT2D eigenvalue weighted by Crippen LogP contribution is 2.40. The van der Waals surface area contributed by atoms with Gasteiger partial charge in [0, 0.05) is 11.5 Å². The zero-order valence-corrected chi connectivity index (χ0v) is 16.5. The van der Waals surface area contributed by atoms with Gasteiger partial charge < -0.3 is 19.5 Å². The van der Waals surface area contributed by atoms with Gasteiger partial charge in [-0.3, -0.25) is 4.79 Å². The van der Waals surface area contributed by atoms with Gasteiger partial charge in [-0.2, -0.15) is 0 Å². The second-order valence-corrected chi connectivity index (χ2v) is 8.04. The number of hydrogen-bond acceptors (Lipinski definition) is 7. The van der Waals surface area contributed by atoms with Gasteiger partial charge in [0.2, 0.25) is 0 Å². The predicted octanol–water partition coefficient (Wildman–Crippen LogP) is 2.71. The zero-order valence-electron chi connectivity index (χ0n) is 15.7. The van der Waals surface area contributed by atoms with E-state index in [0.717, 1.165) is 36.1 Å². The average Bonchev–Trinajstić information content (AvgIpc) is 3.27. The minimum atomic E-state index is -0.580. The molecule has 0 saturated carbocycles. The van der Waals surface area contributed by atoms with E-state index in [4.69, 9.17) is 14.2 Å². The first-order valence-corrected chi connectivity index (χ1v) is 10.2. The number of thiophene rings is 1. The molecule has 0 unspecified atom stereocenters. The summed E-state index contributed by atoms with van der Waals surface area (Å²) in [6, 6.07) is 0. The van der Waals surface area contributed by atoms with Gasteiger partial charge in [0.25, 0.3) is 5.91 Å². The maximum absolute atomic E-state index is 12.4. The fourth-order valence-corrected chi connectivity index (χ4v) is 4.83. The van der Waals surface area contributed by atoms with Gasteiger partial charge in [0.05, 0.1) is 12.2 Å². The van der Waals surface area contributed by atoms with E-state index in [1.165, 1.54) is 11.3 Å². The molecule has 2 atom stereocenters. The van der Waals surface area contributed by atoms with Crippen LogP contribution in [-0.4, -0.2) is 43.8 Å². The smallest absolute Gasteiger partial charge is 0.341 e. The van der Waals surface area contributed by atoms with Crippen molar-refractivity contribution in [2.75, 3.05) is 25.1 Å². The summed E-state index contributed by atoms with van der Waals surface area (Å²) in [6.45, 7) is 4.33. The number of rotatable bonds is 6. The van der Waals surface area contributed by atoms with Crippen molar-refractivity contribution in [3.8, 4) is 0 Å². The quantitative estimate of drug-likeness (QED) is 0.745. The third kappa shape index (κ3) is 4.68. The van der Waals surface area contributed by atoms with Crippen molar-refractivity contribution in [3.05, 3.63) is 16.0 Å². The van der Waals surface area contributed by atoms with Crippen LogP contribution in [0.5, 0.6) is 0 Å². The van der Waals surface area contributed by atoms with Crippen LogP contribution in [0.3, 0.4) is 0 Å². The number of hydrogen-bond donors (Lipinski definition) is 1. The summed E-state index contributed by atoms with van der Waals surface area (Å²) < 4.78 is 15.5. The molecule has 1 aromatic heterocycles. The lowest BCUT2D eigenvalue weighted by Gasteiger charge is -2.18. The number of amides is 1. The van der Waals surface area contributed by atoms with Crippen LogP contribution in [0.25, 0.3) is 0 Å². The van der Waals surface area contributed by atoms with E-state index in [9.17, 15) is 14.4 Å². The predicted molar refractivity (Wildman–Crippen MR) is 100 cm³/mol. The fourth-order valence-electron chi connectivity index (χ4n) is 3.41. The largest absolute Gasteiger partial charge is 0.462 e. The minimum Gasteiger partial charge on any atom is -0.462 e. The Balaban J connectivity index is 1.68. The second kappa shape index (κ2) is 8.84. The van der Waals surface area contributed by atoms with Crippen LogP contribution >= 0.6 is 11.3 Å². The summed E-state index contributed by atoms with van der Waals surface area (Å²) in [7, 11) is 0. The molecule has 1 amide bonds. The molecule has 2 heterocycles. The molecule has 1 fully saturated rings. The standard InChI is InChI=1S/C19H25NO6S/c1-3-24-19(23)16-12-7-6-11(2)9-14(12)27-17(16)20-15(21)10-26-18(22)13-5-4-8-25-13/h11,13H,3-10H2,1-2H3,(H,20,21)/t11-,13+/m0/s1. The Morgan fingerprint density at radius 2 is 2.07 bits per heavy atom. The Morgan fingerprint density at radius 1 is 1.26 bits per heavy atom. The first kappa shape index (κ1) is 19.8. The Hall–Kier alpha value is -1.93. The van der Waals surface area contributed by atoms with Crippen molar-refractivity contribution >= 4 is 34.2 Å². The van der Waals surface area contributed by atoms with Gasteiger partial charge in [-0.05, 0) is 50.5 Å². The van der Waals surface area contributed by atoms with E-state index in [1.807, 2.05) is 0 Å². The average molecular weight is 395 g/mol. The SMILES string of the molecule is CCOC(=O)c1c(NC(=O)COC(=O)[C@H]2CCCO2)sc2c1CC[C@H](C)C2. The first-order chi connectivity index (χ1) is 13.0. The molecule has 148 valence electrons. The van der Waals surface area contributed by atoms with E-state index in [-0.39, 0.29) is 6.61 Å². The molecule has 0 aromatic carbocycles. The highest BCUT2D eigenvalue weighted by molar-refractivity contribution is 7.17. The molecule has 0 spiro atoms. The lowest BCUT2D eigenvalue weighted by molar-refractivity contribution is -0.156. The minimum absolute atomic E-state index is 0.270. The van der Waals surface area contributed by atoms with E-state index >= 15 is 0 Å². The van der Waals surface area contributed by atoms with Crippen LogP contribution < -0.4 is 5.32 Å². The molecule has 8 heteroatoms. The number of nitrogens with one attached hydrogen (secondary N) is 1. The Kier molecular flexibility index (Phi) is 6.49. The lowest BCUT2D eigenvalue weighted by Crippen LogP contribution is -2.27. The molecule has 7 nitrogen and oxygen atoms in total. The van der Waals surface area contributed by atoms with Crippen LogP contribution in [0, 0.1) is 5.92 Å². The topological polar surface area (TPSA) is 90.9 Å². The van der Waals surface area contributed by atoms with Crippen LogP contribution in [-0.2, 0) is 36.6 Å². The summed E-state index contributed by atoms with van der Waals surface area (Å²) >= 11 is 1.41. The number of carbonyl (C=O) groups excluding carboxylic acids is 3. The second-order valence-electron chi connectivity index (χ2n) is 6.93. The first-order valence-electron chi connectivity index (χ1n) is 9.39. The van der Waals surface area contributed by atoms with Crippen LogP contribution in [0.4, 0.5) is 5.00 Å². The maximum Gasteiger partial charge on any atom is 0.341 e. The van der Waals surface area contributed by atoms with Gasteiger partial charge in [-0.15, -0.1) is 11.3 Å². The normalized spacial score (nSPS) is 21.4.